The van der Waals surface area contributed by atoms with Crippen molar-refractivity contribution in [2.24, 2.45) is 0 Å². The molecular formula is C27H36BN3O3Si. The van der Waals surface area contributed by atoms with E-state index in [9.17, 15) is 0 Å². The predicted molar refractivity (Wildman–Crippen MR) is 145 cm³/mol. The van der Waals surface area contributed by atoms with Crippen molar-refractivity contribution < 1.29 is 14.0 Å². The summed E-state index contributed by atoms with van der Waals surface area (Å²) in [5, 5.41) is 0.958. The number of nitrogens with zero attached hydrogens (tertiary/aromatic N) is 3. The maximum absolute atomic E-state index is 6.27. The van der Waals surface area contributed by atoms with E-state index in [0.29, 0.717) is 6.73 Å². The van der Waals surface area contributed by atoms with Gasteiger partial charge in [0.05, 0.1) is 16.8 Å². The van der Waals surface area contributed by atoms with Gasteiger partial charge in [0.2, 0.25) is 0 Å². The molecule has 184 valence electrons. The molecule has 3 aromatic heterocycles. The van der Waals surface area contributed by atoms with Crippen LogP contribution < -0.4 is 5.46 Å². The molecule has 0 aromatic carbocycles. The standard InChI is InChI=1S/C27H36BN3O3Si/c1-20-11-12-29-16-21(20)9-10-22-18-31(19-32-13-14-35(6,7)8)25-24(22)15-23(17-30-25)28-33-26(2,3)27(4,5)34-28/h11-12,15-18H,13-14,19H2,1-8H3. The van der Waals surface area contributed by atoms with E-state index in [1.54, 1.807) is 12.4 Å². The highest BCUT2D eigenvalue weighted by molar-refractivity contribution is 6.76. The number of hydrogen-bond acceptors (Lipinski definition) is 5. The number of aryl methyl sites for hydroxylation is 1. The first kappa shape index (κ1) is 25.6. The summed E-state index contributed by atoms with van der Waals surface area (Å²) in [6, 6.07) is 5.18. The molecule has 0 amide bonds. The van der Waals surface area contributed by atoms with Gasteiger partial charge in [-0.2, -0.15) is 0 Å². The maximum atomic E-state index is 6.27. The van der Waals surface area contributed by atoms with E-state index in [-0.39, 0.29) is 0 Å². The molecule has 8 heteroatoms. The van der Waals surface area contributed by atoms with Crippen molar-refractivity contribution in [1.82, 2.24) is 14.5 Å². The summed E-state index contributed by atoms with van der Waals surface area (Å²) >= 11 is 0. The van der Waals surface area contributed by atoms with E-state index in [0.717, 1.165) is 45.8 Å². The van der Waals surface area contributed by atoms with E-state index in [1.165, 1.54) is 0 Å². The highest BCUT2D eigenvalue weighted by Gasteiger charge is 2.51. The van der Waals surface area contributed by atoms with Gasteiger partial charge in [0.25, 0.3) is 0 Å². The normalized spacial score (nSPS) is 17.0. The molecule has 0 spiro atoms. The Morgan fingerprint density at radius 2 is 1.74 bits per heavy atom. The topological polar surface area (TPSA) is 58.4 Å². The minimum Gasteiger partial charge on any atom is -0.399 e. The Balaban J connectivity index is 1.69. The molecule has 0 saturated carbocycles. The molecule has 0 N–H and O–H groups in total. The van der Waals surface area contributed by atoms with Gasteiger partial charge in [-0.15, -0.1) is 0 Å². The zero-order valence-electron chi connectivity index (χ0n) is 22.2. The van der Waals surface area contributed by atoms with Gasteiger partial charge in [-0.05, 0) is 58.4 Å². The molecule has 1 fully saturated rings. The molecule has 4 rings (SSSR count). The lowest BCUT2D eigenvalue weighted by Gasteiger charge is -2.32. The molecule has 3 aromatic rings. The number of pyridine rings is 2. The van der Waals surface area contributed by atoms with Gasteiger partial charge in [-0.25, -0.2) is 4.98 Å². The van der Waals surface area contributed by atoms with Crippen LogP contribution in [0.5, 0.6) is 0 Å². The quantitative estimate of drug-likeness (QED) is 0.284. The molecule has 35 heavy (non-hydrogen) atoms. The van der Waals surface area contributed by atoms with Gasteiger partial charge in [-0.1, -0.05) is 31.5 Å². The lowest BCUT2D eigenvalue weighted by Crippen LogP contribution is -2.41. The average molecular weight is 490 g/mol. The van der Waals surface area contributed by atoms with Crippen molar-refractivity contribution >= 4 is 31.7 Å². The van der Waals surface area contributed by atoms with Crippen LogP contribution in [0.25, 0.3) is 11.0 Å². The van der Waals surface area contributed by atoms with Crippen molar-refractivity contribution in [3.63, 3.8) is 0 Å². The van der Waals surface area contributed by atoms with Gasteiger partial charge in [0.1, 0.15) is 12.4 Å². The van der Waals surface area contributed by atoms with Crippen molar-refractivity contribution in [3.05, 3.63) is 53.6 Å². The third kappa shape index (κ3) is 5.70. The number of hydrogen-bond donors (Lipinski definition) is 0. The van der Waals surface area contributed by atoms with Crippen LogP contribution in [0, 0.1) is 18.8 Å². The van der Waals surface area contributed by atoms with Crippen LogP contribution in [0.1, 0.15) is 44.4 Å². The maximum Gasteiger partial charge on any atom is 0.496 e. The molecular weight excluding hydrogens is 453 g/mol. The highest BCUT2D eigenvalue weighted by atomic mass is 28.3. The predicted octanol–water partition coefficient (Wildman–Crippen LogP) is 4.75. The largest absolute Gasteiger partial charge is 0.496 e. The van der Waals surface area contributed by atoms with Crippen LogP contribution in [-0.4, -0.2) is 47.5 Å². The van der Waals surface area contributed by atoms with E-state index < -0.39 is 26.4 Å². The van der Waals surface area contributed by atoms with Crippen LogP contribution in [0.4, 0.5) is 0 Å². The minimum atomic E-state index is -1.15. The third-order valence-corrected chi connectivity index (χ3v) is 8.56. The molecule has 1 aliphatic rings. The fourth-order valence-electron chi connectivity index (χ4n) is 3.76. The Kier molecular flexibility index (Phi) is 7.00. The SMILES string of the molecule is Cc1ccncc1C#Cc1cn(COCC[Si](C)(C)C)c2ncc(B3OC(C)(C)C(C)(C)O3)cc12. The number of fused-ring (bicyclic) bond motifs is 1. The second kappa shape index (κ2) is 9.55. The zero-order chi connectivity index (χ0) is 25.4. The number of aromatic nitrogens is 3. The Hall–Kier alpha value is -2.44. The van der Waals surface area contributed by atoms with Crippen molar-refractivity contribution in [2.75, 3.05) is 6.61 Å². The van der Waals surface area contributed by atoms with E-state index in [2.05, 4.69) is 70.2 Å². The summed E-state index contributed by atoms with van der Waals surface area (Å²) in [5.41, 5.74) is 3.80. The molecule has 1 saturated heterocycles. The second-order valence-corrected chi connectivity index (χ2v) is 17.2. The second-order valence-electron chi connectivity index (χ2n) is 11.5. The zero-order valence-corrected chi connectivity index (χ0v) is 23.2. The fourth-order valence-corrected chi connectivity index (χ4v) is 4.52. The first-order valence-corrected chi connectivity index (χ1v) is 15.9. The summed E-state index contributed by atoms with van der Waals surface area (Å²) < 4.78 is 20.6. The lowest BCUT2D eigenvalue weighted by molar-refractivity contribution is 0.00578. The Morgan fingerprint density at radius 3 is 2.40 bits per heavy atom. The molecule has 0 atom stereocenters. The van der Waals surface area contributed by atoms with Crippen molar-refractivity contribution in [3.8, 4) is 11.8 Å². The van der Waals surface area contributed by atoms with Crippen LogP contribution in [0.15, 0.2) is 36.9 Å². The van der Waals surface area contributed by atoms with E-state index >= 15 is 0 Å². The average Bonchev–Trinajstić information content (AvgIpc) is 3.22. The Morgan fingerprint density at radius 1 is 1.06 bits per heavy atom. The van der Waals surface area contributed by atoms with Crippen LogP contribution in [-0.2, 0) is 20.8 Å². The number of ether oxygens (including phenoxy) is 1. The summed E-state index contributed by atoms with van der Waals surface area (Å²) in [6.07, 6.45) is 7.45. The Bertz CT molecular complexity index is 1270. The monoisotopic (exact) mass is 489 g/mol. The lowest BCUT2D eigenvalue weighted by atomic mass is 9.80. The molecule has 0 aliphatic carbocycles. The van der Waals surface area contributed by atoms with E-state index in [4.69, 9.17) is 19.0 Å². The molecule has 1 aliphatic heterocycles. The highest BCUT2D eigenvalue weighted by Crippen LogP contribution is 2.36. The summed E-state index contributed by atoms with van der Waals surface area (Å²) in [7, 11) is -1.63. The fraction of sp³-hybridized carbons (Fsp3) is 0.481. The molecule has 0 radical (unpaired) electrons. The molecule has 4 heterocycles. The summed E-state index contributed by atoms with van der Waals surface area (Å²) in [5.74, 6) is 6.63. The molecule has 6 nitrogen and oxygen atoms in total. The first-order chi connectivity index (χ1) is 16.4. The summed E-state index contributed by atoms with van der Waals surface area (Å²) in [4.78, 5) is 9.01. The Labute approximate surface area is 210 Å². The third-order valence-electron chi connectivity index (χ3n) is 6.86. The smallest absolute Gasteiger partial charge is 0.399 e. The van der Waals surface area contributed by atoms with Crippen molar-refractivity contribution in [2.45, 2.75) is 78.2 Å². The summed E-state index contributed by atoms with van der Waals surface area (Å²) in [6.45, 7) is 18.5. The van der Waals surface area contributed by atoms with Crippen LogP contribution in [0.3, 0.4) is 0 Å². The minimum absolute atomic E-state index is 0.413. The van der Waals surface area contributed by atoms with Gasteiger partial charge in [0.15, 0.2) is 0 Å². The van der Waals surface area contributed by atoms with E-state index in [1.807, 2.05) is 30.0 Å². The first-order valence-electron chi connectivity index (χ1n) is 12.2. The van der Waals surface area contributed by atoms with Crippen LogP contribution in [0.2, 0.25) is 25.7 Å². The van der Waals surface area contributed by atoms with Gasteiger partial charge >= 0.3 is 7.12 Å². The van der Waals surface area contributed by atoms with Crippen molar-refractivity contribution in [1.29, 1.82) is 0 Å². The molecule has 0 bridgehead atoms. The number of rotatable bonds is 6. The van der Waals surface area contributed by atoms with Gasteiger partial charge < -0.3 is 18.6 Å². The molecule has 0 unspecified atom stereocenters. The van der Waals surface area contributed by atoms with Gasteiger partial charge in [0, 0.05) is 55.9 Å². The van der Waals surface area contributed by atoms with Gasteiger partial charge in [-0.3, -0.25) is 4.98 Å². The van der Waals surface area contributed by atoms with Crippen LogP contribution >= 0.6 is 0 Å².